The number of amides is 1. The van der Waals surface area contributed by atoms with Gasteiger partial charge in [0.2, 0.25) is 5.91 Å². The third kappa shape index (κ3) is 6.18. The van der Waals surface area contributed by atoms with Gasteiger partial charge in [-0.3, -0.25) is 4.79 Å². The number of halogens is 5. The molecular formula is C28H18ClF4NO5. The smallest absolute Gasteiger partial charge is 0.418 e. The maximum atomic E-state index is 13.5. The van der Waals surface area contributed by atoms with Gasteiger partial charge in [0, 0.05) is 22.0 Å². The summed E-state index contributed by atoms with van der Waals surface area (Å²) in [7, 11) is 0. The number of aliphatic carboxylic acids is 1. The number of hydrogen-bond acceptors (Lipinski definition) is 4. The van der Waals surface area contributed by atoms with Crippen molar-refractivity contribution in [1.82, 2.24) is 0 Å². The fourth-order valence-corrected chi connectivity index (χ4v) is 4.20. The van der Waals surface area contributed by atoms with Gasteiger partial charge in [0.1, 0.15) is 11.4 Å². The normalized spacial score (nSPS) is 11.7. The molecular weight excluding hydrogens is 542 g/mol. The van der Waals surface area contributed by atoms with Crippen molar-refractivity contribution in [2.45, 2.75) is 19.5 Å². The Morgan fingerprint density at radius 1 is 1.10 bits per heavy atom. The Kier molecular flexibility index (Phi) is 7.60. The van der Waals surface area contributed by atoms with Crippen molar-refractivity contribution in [2.75, 3.05) is 5.32 Å². The van der Waals surface area contributed by atoms with E-state index in [2.05, 4.69) is 5.32 Å². The topological polar surface area (TPSA) is 96.6 Å². The maximum Gasteiger partial charge on any atom is 0.418 e. The summed E-state index contributed by atoms with van der Waals surface area (Å²) in [6, 6.07) is 11.3. The van der Waals surface area contributed by atoms with Crippen molar-refractivity contribution in [3.63, 3.8) is 0 Å². The highest BCUT2D eigenvalue weighted by molar-refractivity contribution is 6.32. The van der Waals surface area contributed by atoms with E-state index in [9.17, 15) is 31.9 Å². The molecule has 4 aromatic rings. The Morgan fingerprint density at radius 3 is 2.54 bits per heavy atom. The number of anilines is 1. The molecule has 0 unspecified atom stereocenters. The zero-order valence-corrected chi connectivity index (χ0v) is 20.8. The number of benzene rings is 3. The van der Waals surface area contributed by atoms with Gasteiger partial charge >= 0.3 is 17.8 Å². The van der Waals surface area contributed by atoms with Crippen LogP contribution in [0.1, 0.15) is 22.3 Å². The fourth-order valence-electron chi connectivity index (χ4n) is 4.03. The fraction of sp³-hybridized carbons (Fsp3) is 0.107. The predicted octanol–water partition coefficient (Wildman–Crippen LogP) is 6.86. The molecule has 0 aliphatic carbocycles. The summed E-state index contributed by atoms with van der Waals surface area (Å²) in [6.07, 6.45) is -3.39. The minimum atomic E-state index is -4.95. The molecule has 11 heteroatoms. The van der Waals surface area contributed by atoms with Gasteiger partial charge in [-0.25, -0.2) is 14.0 Å². The van der Waals surface area contributed by atoms with Crippen molar-refractivity contribution in [3.05, 3.63) is 104 Å². The van der Waals surface area contributed by atoms with E-state index < -0.39 is 47.2 Å². The first-order valence-electron chi connectivity index (χ1n) is 11.3. The van der Waals surface area contributed by atoms with Crippen molar-refractivity contribution in [2.24, 2.45) is 0 Å². The van der Waals surface area contributed by atoms with E-state index in [4.69, 9.17) is 21.1 Å². The minimum Gasteiger partial charge on any atom is -0.478 e. The predicted molar refractivity (Wildman–Crippen MR) is 138 cm³/mol. The summed E-state index contributed by atoms with van der Waals surface area (Å²) >= 11 is 6.33. The highest BCUT2D eigenvalue weighted by atomic mass is 35.5. The Labute approximate surface area is 223 Å². The second-order valence-corrected chi connectivity index (χ2v) is 8.96. The summed E-state index contributed by atoms with van der Waals surface area (Å²) in [6.45, 7) is 1.70. The summed E-state index contributed by atoms with van der Waals surface area (Å²) in [5.74, 6) is -3.30. The molecule has 0 saturated carbocycles. The molecule has 0 spiro atoms. The van der Waals surface area contributed by atoms with Crippen LogP contribution in [0.5, 0.6) is 0 Å². The quantitative estimate of drug-likeness (QED) is 0.153. The van der Waals surface area contributed by atoms with E-state index >= 15 is 0 Å². The Bertz CT molecular complexity index is 1710. The van der Waals surface area contributed by atoms with E-state index in [0.29, 0.717) is 27.1 Å². The molecule has 39 heavy (non-hydrogen) atoms. The van der Waals surface area contributed by atoms with Crippen LogP contribution in [0.4, 0.5) is 23.2 Å². The molecule has 3 aromatic carbocycles. The molecule has 2 N–H and O–H groups in total. The van der Waals surface area contributed by atoms with Crippen molar-refractivity contribution in [1.29, 1.82) is 0 Å². The molecule has 6 nitrogen and oxygen atoms in total. The molecule has 200 valence electrons. The van der Waals surface area contributed by atoms with Gasteiger partial charge in [-0.05, 0) is 66.1 Å². The second-order valence-electron chi connectivity index (χ2n) is 8.55. The number of carboxylic acid groups (broad SMARTS) is 1. The molecule has 0 atom stereocenters. The lowest BCUT2D eigenvalue weighted by molar-refractivity contribution is -0.137. The largest absolute Gasteiger partial charge is 0.478 e. The van der Waals surface area contributed by atoms with E-state index in [1.807, 2.05) is 0 Å². The van der Waals surface area contributed by atoms with Crippen molar-refractivity contribution >= 4 is 46.2 Å². The highest BCUT2D eigenvalue weighted by Crippen LogP contribution is 2.37. The molecule has 1 heterocycles. The number of carbonyl (C=O) groups is 2. The molecule has 0 aliphatic rings. The Hall–Kier alpha value is -4.44. The summed E-state index contributed by atoms with van der Waals surface area (Å²) < 4.78 is 59.2. The third-order valence-corrected chi connectivity index (χ3v) is 6.18. The lowest BCUT2D eigenvalue weighted by Gasteiger charge is -2.16. The summed E-state index contributed by atoms with van der Waals surface area (Å²) in [4.78, 5) is 37.0. The van der Waals surface area contributed by atoms with E-state index in [1.54, 1.807) is 31.2 Å². The highest BCUT2D eigenvalue weighted by Gasteiger charge is 2.34. The maximum absolute atomic E-state index is 13.5. The lowest BCUT2D eigenvalue weighted by Crippen LogP contribution is -2.22. The number of carbonyl (C=O) groups excluding carboxylic acids is 1. The number of fused-ring (bicyclic) bond motifs is 1. The van der Waals surface area contributed by atoms with Crippen LogP contribution < -0.4 is 10.9 Å². The molecule has 0 aliphatic heterocycles. The van der Waals surface area contributed by atoms with Crippen molar-refractivity contribution in [3.8, 4) is 11.1 Å². The minimum absolute atomic E-state index is 0.158. The molecule has 1 amide bonds. The summed E-state index contributed by atoms with van der Waals surface area (Å²) in [5.41, 5.74) is -1.28. The first-order valence-corrected chi connectivity index (χ1v) is 11.6. The zero-order chi connectivity index (χ0) is 28.5. The van der Waals surface area contributed by atoms with Crippen LogP contribution in [-0.4, -0.2) is 17.0 Å². The first kappa shape index (κ1) is 27.6. The second kappa shape index (κ2) is 10.7. The monoisotopic (exact) mass is 559 g/mol. The van der Waals surface area contributed by atoms with Gasteiger partial charge in [0.15, 0.2) is 0 Å². The van der Waals surface area contributed by atoms with E-state index in [-0.39, 0.29) is 22.8 Å². The van der Waals surface area contributed by atoms with Crippen LogP contribution in [0.3, 0.4) is 0 Å². The molecule has 0 bridgehead atoms. The van der Waals surface area contributed by atoms with Crippen LogP contribution in [0.15, 0.2) is 69.9 Å². The Balaban J connectivity index is 1.85. The first-order chi connectivity index (χ1) is 18.3. The van der Waals surface area contributed by atoms with Crippen LogP contribution >= 0.6 is 11.6 Å². The van der Waals surface area contributed by atoms with Crippen molar-refractivity contribution < 1.29 is 36.7 Å². The van der Waals surface area contributed by atoms with Gasteiger partial charge < -0.3 is 14.8 Å². The Morgan fingerprint density at radius 2 is 1.85 bits per heavy atom. The number of hydrogen-bond donors (Lipinski definition) is 2. The molecule has 0 saturated heterocycles. The molecule has 1 aromatic heterocycles. The number of aryl methyl sites for hydroxylation is 1. The van der Waals surface area contributed by atoms with Crippen LogP contribution in [-0.2, 0) is 22.2 Å². The average Bonchev–Trinajstić information content (AvgIpc) is 2.85. The van der Waals surface area contributed by atoms with Crippen LogP contribution in [0.2, 0.25) is 5.02 Å². The van der Waals surface area contributed by atoms with Crippen LogP contribution in [0.25, 0.3) is 28.2 Å². The number of nitrogens with one attached hydrogen (secondary N) is 1. The van der Waals surface area contributed by atoms with Crippen LogP contribution in [0, 0.1) is 12.7 Å². The van der Waals surface area contributed by atoms with E-state index in [1.165, 1.54) is 18.2 Å². The zero-order valence-electron chi connectivity index (χ0n) is 20.0. The number of rotatable bonds is 6. The summed E-state index contributed by atoms with van der Waals surface area (Å²) in [5, 5.41) is 11.7. The molecule has 0 radical (unpaired) electrons. The SMILES string of the molecule is Cc1cc2oc(=O)c(CC(=O)Nc3ccc(F)cc3C(F)(F)F)c(-c3cccc(C=CC(=O)O)c3)c2cc1Cl. The van der Waals surface area contributed by atoms with E-state index in [0.717, 1.165) is 18.2 Å². The molecule has 4 rings (SSSR count). The molecule has 0 fully saturated rings. The van der Waals surface area contributed by atoms with Gasteiger partial charge in [0.25, 0.3) is 0 Å². The van der Waals surface area contributed by atoms with Gasteiger partial charge in [-0.15, -0.1) is 0 Å². The third-order valence-electron chi connectivity index (χ3n) is 5.77. The number of alkyl halides is 3. The number of carboxylic acids is 1. The standard InChI is InChI=1S/C28H18ClF4NO5/c1-14-9-23-18(12-21(14)29)26(16-4-2-3-15(10-16)5-8-25(36)37)19(27(38)39-23)13-24(35)34-22-7-6-17(30)11-20(22)28(31,32)33/h2-12H,13H2,1H3,(H,34,35)(H,36,37). The van der Waals surface area contributed by atoms with Gasteiger partial charge in [-0.1, -0.05) is 29.8 Å². The average molecular weight is 560 g/mol. The van der Waals surface area contributed by atoms with Gasteiger partial charge in [0.05, 0.1) is 23.2 Å². The van der Waals surface area contributed by atoms with Gasteiger partial charge in [-0.2, -0.15) is 13.2 Å². The lowest BCUT2D eigenvalue weighted by atomic mass is 9.93.